The highest BCUT2D eigenvalue weighted by molar-refractivity contribution is 6.07. The predicted octanol–water partition coefficient (Wildman–Crippen LogP) is 3.62. The van der Waals surface area contributed by atoms with Crippen LogP contribution in [0.1, 0.15) is 24.0 Å². The van der Waals surface area contributed by atoms with Crippen molar-refractivity contribution in [3.63, 3.8) is 0 Å². The summed E-state index contributed by atoms with van der Waals surface area (Å²) in [6.07, 6.45) is 3.97. The van der Waals surface area contributed by atoms with Crippen molar-refractivity contribution in [1.82, 2.24) is 20.1 Å². The Morgan fingerprint density at radius 1 is 1.06 bits per heavy atom. The Bertz CT molecular complexity index is 1220. The number of hydrogen-bond donors (Lipinski definition) is 1. The number of fused-ring (bicyclic) bond motifs is 1. The molecule has 7 nitrogen and oxygen atoms in total. The fraction of sp³-hybridized carbons (Fsp3) is 0.370. The number of aromatic nitrogens is 1. The summed E-state index contributed by atoms with van der Waals surface area (Å²) in [7, 11) is 3.19. The second-order valence-electron chi connectivity index (χ2n) is 9.37. The van der Waals surface area contributed by atoms with Crippen molar-refractivity contribution in [2.45, 2.75) is 31.3 Å². The van der Waals surface area contributed by atoms with Gasteiger partial charge in [0.2, 0.25) is 0 Å². The summed E-state index contributed by atoms with van der Waals surface area (Å²) in [5.74, 6) is 0.673. The number of carbonyl (C=O) groups excluding carboxylic acids is 2. The molecule has 0 radical (unpaired) electrons. The minimum atomic E-state index is -0.919. The number of piperidine rings is 1. The number of likely N-dealkylation sites (tertiary alicyclic amines) is 1. The topological polar surface area (TPSA) is 74.8 Å². The van der Waals surface area contributed by atoms with Gasteiger partial charge < -0.3 is 10.1 Å². The highest BCUT2D eigenvalue weighted by atomic mass is 16.5. The number of ether oxygens (including phenoxy) is 1. The normalized spacial score (nSPS) is 21.8. The molecule has 2 saturated heterocycles. The molecule has 0 spiro atoms. The molecule has 176 valence electrons. The predicted molar refractivity (Wildman–Crippen MR) is 130 cm³/mol. The average molecular weight is 459 g/mol. The van der Waals surface area contributed by atoms with Crippen LogP contribution in [-0.4, -0.2) is 59.5 Å². The largest absolute Gasteiger partial charge is 0.497 e. The van der Waals surface area contributed by atoms with Crippen LogP contribution in [-0.2, 0) is 17.8 Å². The molecule has 1 aromatic heterocycles. The number of imide groups is 1. The van der Waals surface area contributed by atoms with Crippen LogP contribution in [0, 0.1) is 5.92 Å². The molecular formula is C27H30N4O3. The van der Waals surface area contributed by atoms with Gasteiger partial charge in [0.25, 0.3) is 5.91 Å². The molecule has 1 atom stereocenters. The van der Waals surface area contributed by atoms with E-state index in [9.17, 15) is 9.59 Å². The van der Waals surface area contributed by atoms with Gasteiger partial charge in [-0.2, -0.15) is 0 Å². The number of urea groups is 1. The van der Waals surface area contributed by atoms with Gasteiger partial charge >= 0.3 is 6.03 Å². The minimum Gasteiger partial charge on any atom is -0.497 e. The van der Waals surface area contributed by atoms with Gasteiger partial charge in [-0.15, -0.1) is 0 Å². The van der Waals surface area contributed by atoms with Crippen LogP contribution in [0.15, 0.2) is 60.8 Å². The number of nitrogens with zero attached hydrogens (tertiary/aromatic N) is 3. The van der Waals surface area contributed by atoms with Crippen molar-refractivity contribution < 1.29 is 14.3 Å². The lowest BCUT2D eigenvalue weighted by molar-refractivity contribution is -0.133. The first-order valence-electron chi connectivity index (χ1n) is 11.8. The maximum atomic E-state index is 13.4. The summed E-state index contributed by atoms with van der Waals surface area (Å²) in [6.45, 7) is 2.59. The van der Waals surface area contributed by atoms with Gasteiger partial charge in [-0.3, -0.25) is 19.6 Å². The lowest BCUT2D eigenvalue weighted by Gasteiger charge is -2.41. The van der Waals surface area contributed by atoms with Crippen LogP contribution in [0.2, 0.25) is 0 Å². The zero-order chi connectivity index (χ0) is 23.7. The lowest BCUT2D eigenvalue weighted by Crippen LogP contribution is -2.57. The molecule has 1 unspecified atom stereocenters. The standard InChI is InChI=1S/C27H30N4O3/c1-30-25(32)27(29-26(30)33,17-19-5-3-7-23(15-19)34-2)22-10-13-31(14-11-22)18-20-8-9-21-6-4-12-28-24(21)16-20/h3-9,12,15-16,22H,10-11,13-14,17-18H2,1-2H3,(H,29,33). The Labute approximate surface area is 199 Å². The number of likely N-dealkylation sites (N-methyl/N-ethyl adjacent to an activating group) is 1. The van der Waals surface area contributed by atoms with Crippen molar-refractivity contribution in [3.8, 4) is 5.75 Å². The number of pyridine rings is 1. The Balaban J connectivity index is 1.32. The minimum absolute atomic E-state index is 0.0645. The molecule has 0 saturated carbocycles. The molecule has 3 heterocycles. The molecule has 3 aromatic rings. The van der Waals surface area contributed by atoms with E-state index in [4.69, 9.17) is 4.74 Å². The van der Waals surface area contributed by atoms with E-state index in [1.165, 1.54) is 10.5 Å². The number of amides is 3. The highest BCUT2D eigenvalue weighted by Gasteiger charge is 2.54. The first-order valence-corrected chi connectivity index (χ1v) is 11.8. The van der Waals surface area contributed by atoms with E-state index in [0.29, 0.717) is 6.42 Å². The van der Waals surface area contributed by atoms with Crippen LogP contribution >= 0.6 is 0 Å². The summed E-state index contributed by atoms with van der Waals surface area (Å²) in [6, 6.07) is 17.9. The third kappa shape index (κ3) is 4.12. The van der Waals surface area contributed by atoms with E-state index in [2.05, 4.69) is 39.5 Å². The summed E-state index contributed by atoms with van der Waals surface area (Å²) in [5, 5.41) is 4.22. The maximum Gasteiger partial charge on any atom is 0.324 e. The van der Waals surface area contributed by atoms with Crippen LogP contribution < -0.4 is 10.1 Å². The molecule has 0 aliphatic carbocycles. The molecule has 0 bridgehead atoms. The Morgan fingerprint density at radius 3 is 2.62 bits per heavy atom. The summed E-state index contributed by atoms with van der Waals surface area (Å²) in [4.78, 5) is 34.0. The summed E-state index contributed by atoms with van der Waals surface area (Å²) in [5.41, 5.74) is 2.31. The number of nitrogens with one attached hydrogen (secondary N) is 1. The van der Waals surface area contributed by atoms with E-state index in [0.717, 1.165) is 54.7 Å². The van der Waals surface area contributed by atoms with Gasteiger partial charge in [-0.1, -0.05) is 30.3 Å². The quantitative estimate of drug-likeness (QED) is 0.571. The molecule has 2 aliphatic heterocycles. The van der Waals surface area contributed by atoms with Gasteiger partial charge in [0.05, 0.1) is 12.6 Å². The van der Waals surface area contributed by atoms with Gasteiger partial charge in [0.1, 0.15) is 11.3 Å². The second-order valence-corrected chi connectivity index (χ2v) is 9.37. The first-order chi connectivity index (χ1) is 16.5. The van der Waals surface area contributed by atoms with Crippen LogP contribution in [0.25, 0.3) is 10.9 Å². The molecular weight excluding hydrogens is 428 g/mol. The number of benzene rings is 2. The van der Waals surface area contributed by atoms with E-state index in [-0.39, 0.29) is 17.9 Å². The third-order valence-corrected chi connectivity index (χ3v) is 7.30. The number of rotatable bonds is 6. The smallest absolute Gasteiger partial charge is 0.324 e. The Morgan fingerprint density at radius 2 is 1.88 bits per heavy atom. The zero-order valence-corrected chi connectivity index (χ0v) is 19.7. The molecule has 3 amide bonds. The van der Waals surface area contributed by atoms with Crippen molar-refractivity contribution in [2.24, 2.45) is 5.92 Å². The molecule has 5 rings (SSSR count). The number of carbonyl (C=O) groups is 2. The Kier molecular flexibility index (Phi) is 5.96. The van der Waals surface area contributed by atoms with Crippen molar-refractivity contribution in [1.29, 1.82) is 0 Å². The molecule has 1 N–H and O–H groups in total. The molecule has 2 aliphatic rings. The monoisotopic (exact) mass is 458 g/mol. The highest BCUT2D eigenvalue weighted by Crippen LogP contribution is 2.37. The fourth-order valence-electron chi connectivity index (χ4n) is 5.42. The molecule has 34 heavy (non-hydrogen) atoms. The Hall–Kier alpha value is -3.45. The average Bonchev–Trinajstić information content (AvgIpc) is 3.08. The van der Waals surface area contributed by atoms with Gasteiger partial charge in [0.15, 0.2) is 0 Å². The van der Waals surface area contributed by atoms with Gasteiger partial charge in [0, 0.05) is 31.6 Å². The third-order valence-electron chi connectivity index (χ3n) is 7.30. The van der Waals surface area contributed by atoms with E-state index in [1.54, 1.807) is 14.2 Å². The van der Waals surface area contributed by atoms with E-state index < -0.39 is 5.54 Å². The molecule has 2 aromatic carbocycles. The first kappa shape index (κ1) is 22.3. The van der Waals surface area contributed by atoms with Crippen molar-refractivity contribution in [3.05, 3.63) is 71.9 Å². The number of hydrogen-bond acceptors (Lipinski definition) is 5. The van der Waals surface area contributed by atoms with Crippen molar-refractivity contribution in [2.75, 3.05) is 27.2 Å². The zero-order valence-electron chi connectivity index (χ0n) is 19.7. The molecule has 2 fully saturated rings. The number of methoxy groups -OCH3 is 1. The second kappa shape index (κ2) is 9.06. The van der Waals surface area contributed by atoms with E-state index in [1.807, 2.05) is 36.5 Å². The van der Waals surface area contributed by atoms with Crippen molar-refractivity contribution >= 4 is 22.8 Å². The van der Waals surface area contributed by atoms with Crippen LogP contribution in [0.4, 0.5) is 4.79 Å². The molecule has 7 heteroatoms. The summed E-state index contributed by atoms with van der Waals surface area (Å²) >= 11 is 0. The maximum absolute atomic E-state index is 13.4. The lowest BCUT2D eigenvalue weighted by atomic mass is 9.74. The SMILES string of the molecule is COc1cccc(CC2(C3CCN(Cc4ccc5cccnc5c4)CC3)NC(=O)N(C)C2=O)c1. The summed E-state index contributed by atoms with van der Waals surface area (Å²) < 4.78 is 5.37. The van der Waals surface area contributed by atoms with Crippen LogP contribution in [0.3, 0.4) is 0 Å². The fourth-order valence-corrected chi connectivity index (χ4v) is 5.42. The van der Waals surface area contributed by atoms with E-state index >= 15 is 0 Å². The van der Waals surface area contributed by atoms with Gasteiger partial charge in [-0.25, -0.2) is 4.79 Å². The van der Waals surface area contributed by atoms with Crippen LogP contribution in [0.5, 0.6) is 5.75 Å². The van der Waals surface area contributed by atoms with Gasteiger partial charge in [-0.05, 0) is 67.2 Å².